The van der Waals surface area contributed by atoms with Gasteiger partial charge in [0.15, 0.2) is 0 Å². The van der Waals surface area contributed by atoms with Crippen molar-refractivity contribution in [2.45, 2.75) is 30.8 Å². The molecule has 6 heteroatoms. The van der Waals surface area contributed by atoms with Crippen molar-refractivity contribution in [2.24, 2.45) is 0 Å². The lowest BCUT2D eigenvalue weighted by Gasteiger charge is -2.33. The summed E-state index contributed by atoms with van der Waals surface area (Å²) in [6, 6.07) is 33.2. The molecular weight excluding hydrogens is 504 g/mol. The van der Waals surface area contributed by atoms with Crippen LogP contribution in [0.5, 0.6) is 0 Å². The summed E-state index contributed by atoms with van der Waals surface area (Å²) in [5.41, 5.74) is 4.73. The average molecular weight is 533 g/mol. The summed E-state index contributed by atoms with van der Waals surface area (Å²) in [5.74, 6) is -0.111. The van der Waals surface area contributed by atoms with E-state index in [2.05, 4.69) is 0 Å². The fourth-order valence-electron chi connectivity index (χ4n) is 5.39. The number of carbonyl (C=O) groups is 1. The molecule has 0 saturated carbocycles. The number of hydrogen-bond acceptors (Lipinski definition) is 3. The smallest absolute Gasteiger partial charge is 0.268 e. The predicted octanol–water partition coefficient (Wildman–Crippen LogP) is 6.68. The lowest BCUT2D eigenvalue weighted by molar-refractivity contribution is 0.0695. The maximum atomic E-state index is 14.1. The topological polar surface area (TPSA) is 59.4 Å². The number of benzene rings is 4. The van der Waals surface area contributed by atoms with E-state index in [9.17, 15) is 13.2 Å². The van der Waals surface area contributed by atoms with E-state index < -0.39 is 16.1 Å². The van der Waals surface area contributed by atoms with Crippen LogP contribution in [0, 0.1) is 6.92 Å². The molecule has 0 aliphatic heterocycles. The molecule has 39 heavy (non-hydrogen) atoms. The number of allylic oxidation sites excluding steroid dienone is 1. The third-order valence-electron chi connectivity index (χ3n) is 7.27. The van der Waals surface area contributed by atoms with Crippen LogP contribution in [-0.2, 0) is 23.0 Å². The zero-order chi connectivity index (χ0) is 27.0. The number of rotatable bonds is 6. The average Bonchev–Trinajstić information content (AvgIpc) is 3.32. The Bertz CT molecular complexity index is 1790. The zero-order valence-corrected chi connectivity index (χ0v) is 22.4. The van der Waals surface area contributed by atoms with Crippen LogP contribution in [0.15, 0.2) is 126 Å². The molecule has 1 amide bonds. The quantitative estimate of drug-likeness (QED) is 0.229. The van der Waals surface area contributed by atoms with Crippen molar-refractivity contribution in [3.05, 3.63) is 149 Å². The number of aryl methyl sites for hydroxylation is 1. The van der Waals surface area contributed by atoms with Gasteiger partial charge in [-0.1, -0.05) is 96.6 Å². The van der Waals surface area contributed by atoms with Gasteiger partial charge in [-0.15, -0.1) is 0 Å². The summed E-state index contributed by atoms with van der Waals surface area (Å²) < 4.78 is 29.6. The highest BCUT2D eigenvalue weighted by Gasteiger charge is 2.35. The molecule has 0 spiro atoms. The van der Waals surface area contributed by atoms with E-state index in [0.29, 0.717) is 29.7 Å². The van der Waals surface area contributed by atoms with Crippen LogP contribution in [0.2, 0.25) is 0 Å². The molecule has 0 N–H and O–H groups in total. The van der Waals surface area contributed by atoms with Crippen LogP contribution in [0.25, 0.3) is 10.9 Å². The first kappa shape index (κ1) is 24.9. The van der Waals surface area contributed by atoms with E-state index in [1.54, 1.807) is 12.1 Å². The standard InChI is InChI=1S/C33H28N2O3S/c1-24-19-21-27(22-20-24)39(37,38)35-29-16-9-8-15-28(29)32-30(17-10-18-31(32)35)34(23-25-11-4-2-5-12-25)33(36)26-13-6-3-7-14-26/h2-17,19-22,30H,18,23H2,1H3. The molecule has 194 valence electrons. The molecule has 1 atom stereocenters. The molecule has 1 aliphatic carbocycles. The third-order valence-corrected chi connectivity index (χ3v) is 9.03. The van der Waals surface area contributed by atoms with Crippen molar-refractivity contribution in [3.8, 4) is 0 Å². The molecule has 0 radical (unpaired) electrons. The van der Waals surface area contributed by atoms with Gasteiger partial charge in [-0.05, 0) is 42.8 Å². The van der Waals surface area contributed by atoms with Gasteiger partial charge in [-0.25, -0.2) is 12.4 Å². The van der Waals surface area contributed by atoms with Gasteiger partial charge in [0.05, 0.1) is 16.5 Å². The van der Waals surface area contributed by atoms with Crippen LogP contribution < -0.4 is 0 Å². The molecule has 1 aliphatic rings. The van der Waals surface area contributed by atoms with E-state index in [1.807, 2.05) is 121 Å². The molecule has 0 bridgehead atoms. The third kappa shape index (κ3) is 4.47. The van der Waals surface area contributed by atoms with E-state index >= 15 is 0 Å². The van der Waals surface area contributed by atoms with Crippen LogP contribution in [0.3, 0.4) is 0 Å². The lowest BCUT2D eigenvalue weighted by atomic mass is 9.94. The second kappa shape index (κ2) is 10.0. The molecule has 1 unspecified atom stereocenters. The van der Waals surface area contributed by atoms with Crippen molar-refractivity contribution in [1.29, 1.82) is 0 Å². The van der Waals surface area contributed by atoms with Crippen LogP contribution in [0.4, 0.5) is 0 Å². The van der Waals surface area contributed by atoms with Crippen molar-refractivity contribution in [3.63, 3.8) is 0 Å². The van der Waals surface area contributed by atoms with Gasteiger partial charge < -0.3 is 4.90 Å². The van der Waals surface area contributed by atoms with Crippen LogP contribution in [-0.4, -0.2) is 23.2 Å². The van der Waals surface area contributed by atoms with Gasteiger partial charge in [-0.2, -0.15) is 0 Å². The summed E-state index contributed by atoms with van der Waals surface area (Å²) in [4.78, 5) is 16.1. The van der Waals surface area contributed by atoms with Gasteiger partial charge in [-0.3, -0.25) is 4.79 Å². The molecule has 4 aromatic carbocycles. The highest BCUT2D eigenvalue weighted by Crippen LogP contribution is 2.41. The summed E-state index contributed by atoms with van der Waals surface area (Å²) in [5, 5.41) is 0.830. The minimum absolute atomic E-state index is 0.111. The van der Waals surface area contributed by atoms with Crippen molar-refractivity contribution in [1.82, 2.24) is 8.87 Å². The van der Waals surface area contributed by atoms with Gasteiger partial charge in [0, 0.05) is 35.2 Å². The van der Waals surface area contributed by atoms with E-state index in [1.165, 1.54) is 3.97 Å². The number of para-hydroxylation sites is 1. The van der Waals surface area contributed by atoms with Gasteiger partial charge in [0.1, 0.15) is 0 Å². The first-order valence-electron chi connectivity index (χ1n) is 13.0. The number of hydrogen-bond donors (Lipinski definition) is 0. The van der Waals surface area contributed by atoms with E-state index in [0.717, 1.165) is 22.1 Å². The number of aromatic nitrogens is 1. The van der Waals surface area contributed by atoms with Crippen molar-refractivity contribution in [2.75, 3.05) is 0 Å². The van der Waals surface area contributed by atoms with Crippen molar-refractivity contribution >= 4 is 26.8 Å². The Balaban J connectivity index is 1.55. The fraction of sp³-hybridized carbons (Fsp3) is 0.121. The fourth-order valence-corrected chi connectivity index (χ4v) is 6.96. The number of fused-ring (bicyclic) bond motifs is 3. The Morgan fingerprint density at radius 3 is 2.21 bits per heavy atom. The summed E-state index contributed by atoms with van der Waals surface area (Å²) in [6.45, 7) is 2.32. The molecule has 0 saturated heterocycles. The molecule has 5 aromatic rings. The highest BCUT2D eigenvalue weighted by molar-refractivity contribution is 7.90. The maximum Gasteiger partial charge on any atom is 0.268 e. The van der Waals surface area contributed by atoms with E-state index in [-0.39, 0.29) is 10.8 Å². The molecule has 5 nitrogen and oxygen atoms in total. The van der Waals surface area contributed by atoms with E-state index in [4.69, 9.17) is 0 Å². The second-order valence-electron chi connectivity index (χ2n) is 9.82. The minimum atomic E-state index is -3.88. The Labute approximate surface area is 228 Å². The predicted molar refractivity (Wildman–Crippen MR) is 154 cm³/mol. The highest BCUT2D eigenvalue weighted by atomic mass is 32.2. The molecular formula is C33H28N2O3S. The lowest BCUT2D eigenvalue weighted by Crippen LogP contribution is -2.35. The van der Waals surface area contributed by atoms with Gasteiger partial charge in [0.2, 0.25) is 0 Å². The summed E-state index contributed by atoms with van der Waals surface area (Å²) in [6.07, 6.45) is 4.45. The molecule has 0 fully saturated rings. The molecule has 1 aromatic heterocycles. The monoisotopic (exact) mass is 532 g/mol. The Hall–Kier alpha value is -4.42. The number of nitrogens with zero attached hydrogens (tertiary/aromatic N) is 2. The summed E-state index contributed by atoms with van der Waals surface area (Å²) >= 11 is 0. The molecule has 6 rings (SSSR count). The first-order chi connectivity index (χ1) is 18.9. The molecule has 1 heterocycles. The summed E-state index contributed by atoms with van der Waals surface area (Å²) in [7, 11) is -3.88. The Morgan fingerprint density at radius 2 is 1.49 bits per heavy atom. The van der Waals surface area contributed by atoms with Crippen LogP contribution >= 0.6 is 0 Å². The Kier molecular flexibility index (Phi) is 6.41. The normalized spacial score (nSPS) is 14.7. The number of amides is 1. The first-order valence-corrected chi connectivity index (χ1v) is 14.4. The van der Waals surface area contributed by atoms with Crippen molar-refractivity contribution < 1.29 is 13.2 Å². The largest absolute Gasteiger partial charge is 0.324 e. The van der Waals surface area contributed by atoms with Gasteiger partial charge in [0.25, 0.3) is 15.9 Å². The van der Waals surface area contributed by atoms with Gasteiger partial charge >= 0.3 is 0 Å². The second-order valence-corrected chi connectivity index (χ2v) is 11.6. The number of carbonyl (C=O) groups excluding carboxylic acids is 1. The Morgan fingerprint density at radius 1 is 0.846 bits per heavy atom. The maximum absolute atomic E-state index is 14.1. The van der Waals surface area contributed by atoms with Crippen LogP contribution in [0.1, 0.15) is 38.8 Å². The minimum Gasteiger partial charge on any atom is -0.324 e. The zero-order valence-electron chi connectivity index (χ0n) is 21.6. The SMILES string of the molecule is Cc1ccc(S(=O)(=O)n2c3c(c4ccccc42)C(N(Cc2ccccc2)C(=O)c2ccccc2)C=CC3)cc1.